The van der Waals surface area contributed by atoms with Crippen LogP contribution in [0.2, 0.25) is 0 Å². The van der Waals surface area contributed by atoms with Gasteiger partial charge in [-0.1, -0.05) is 54.6 Å². The Morgan fingerprint density at radius 1 is 1.08 bits per heavy atom. The Balaban J connectivity index is 1.55. The summed E-state index contributed by atoms with van der Waals surface area (Å²) in [7, 11) is 0. The van der Waals surface area contributed by atoms with Gasteiger partial charge in [0.1, 0.15) is 6.61 Å². The maximum Gasteiger partial charge on any atom is 0.312 e. The number of rotatable bonds is 6. The second kappa shape index (κ2) is 7.94. The molecule has 5 heteroatoms. The average Bonchev–Trinajstić information content (AvgIpc) is 2.64. The van der Waals surface area contributed by atoms with Crippen molar-refractivity contribution in [2.75, 3.05) is 19.8 Å². The second-order valence-corrected chi connectivity index (χ2v) is 6.15. The van der Waals surface area contributed by atoms with Crippen LogP contribution in [-0.2, 0) is 27.3 Å². The van der Waals surface area contributed by atoms with Gasteiger partial charge in [0, 0.05) is 13.1 Å². The largest absolute Gasteiger partial charge is 0.481 e. The fourth-order valence-electron chi connectivity index (χ4n) is 3.09. The molecule has 0 saturated carbocycles. The summed E-state index contributed by atoms with van der Waals surface area (Å²) in [6.45, 7) is 1.05. The van der Waals surface area contributed by atoms with E-state index in [1.54, 1.807) is 4.90 Å². The summed E-state index contributed by atoms with van der Waals surface area (Å²) in [5.74, 6) is -1.76. The van der Waals surface area contributed by atoms with Gasteiger partial charge in [-0.05, 0) is 23.1 Å². The van der Waals surface area contributed by atoms with Crippen molar-refractivity contribution in [3.05, 3.63) is 71.3 Å². The van der Waals surface area contributed by atoms with E-state index < -0.39 is 11.9 Å². The number of ether oxygens (including phenoxy) is 1. The van der Waals surface area contributed by atoms with Crippen molar-refractivity contribution in [2.24, 2.45) is 0 Å². The number of amides is 1. The predicted molar refractivity (Wildman–Crippen MR) is 93.2 cm³/mol. The zero-order chi connectivity index (χ0) is 17.6. The first-order valence-corrected chi connectivity index (χ1v) is 8.35. The number of nitrogens with zero attached hydrogens (tertiary/aromatic N) is 1. The van der Waals surface area contributed by atoms with Gasteiger partial charge in [-0.2, -0.15) is 0 Å². The smallest absolute Gasteiger partial charge is 0.312 e. The van der Waals surface area contributed by atoms with Gasteiger partial charge in [-0.25, -0.2) is 0 Å². The number of hydrogen-bond acceptors (Lipinski definition) is 3. The van der Waals surface area contributed by atoms with Crippen LogP contribution in [0.5, 0.6) is 0 Å². The third-order valence-corrected chi connectivity index (χ3v) is 4.45. The zero-order valence-electron chi connectivity index (χ0n) is 13.9. The molecule has 0 radical (unpaired) electrons. The Bertz CT molecular complexity index is 744. The van der Waals surface area contributed by atoms with Gasteiger partial charge in [0.2, 0.25) is 5.91 Å². The second-order valence-electron chi connectivity index (χ2n) is 6.15. The lowest BCUT2D eigenvalue weighted by atomic mass is 9.90. The summed E-state index contributed by atoms with van der Waals surface area (Å²) in [6, 6.07) is 17.3. The number of fused-ring (bicyclic) bond motifs is 1. The van der Waals surface area contributed by atoms with E-state index in [4.69, 9.17) is 4.74 Å². The monoisotopic (exact) mass is 339 g/mol. The minimum Gasteiger partial charge on any atom is -0.481 e. The highest BCUT2D eigenvalue weighted by Gasteiger charge is 2.32. The van der Waals surface area contributed by atoms with Gasteiger partial charge in [-0.3, -0.25) is 9.59 Å². The van der Waals surface area contributed by atoms with E-state index in [1.165, 1.54) is 0 Å². The van der Waals surface area contributed by atoms with Gasteiger partial charge in [0.25, 0.3) is 0 Å². The van der Waals surface area contributed by atoms with Crippen molar-refractivity contribution in [3.8, 4) is 0 Å². The number of hydrogen-bond donors (Lipinski definition) is 1. The van der Waals surface area contributed by atoms with E-state index in [-0.39, 0.29) is 19.1 Å². The number of aliphatic carboxylic acids is 1. The number of benzene rings is 2. The molecule has 0 bridgehead atoms. The number of carboxylic acid groups (broad SMARTS) is 1. The van der Waals surface area contributed by atoms with Crippen LogP contribution in [0.3, 0.4) is 0 Å². The Morgan fingerprint density at radius 3 is 2.56 bits per heavy atom. The molecule has 25 heavy (non-hydrogen) atoms. The van der Waals surface area contributed by atoms with Crippen molar-refractivity contribution in [3.63, 3.8) is 0 Å². The SMILES string of the molecule is O=C(O)C1CN(C(=O)COCCc2ccccc2)Cc2ccccc21. The van der Waals surface area contributed by atoms with Gasteiger partial charge in [0.15, 0.2) is 0 Å². The quantitative estimate of drug-likeness (QED) is 0.821. The first kappa shape index (κ1) is 17.2. The standard InChI is InChI=1S/C20H21NO4/c22-19(14-25-11-10-15-6-2-1-3-7-15)21-12-16-8-4-5-9-17(16)18(13-21)20(23)24/h1-9,18H,10-14H2,(H,23,24). The maximum atomic E-state index is 12.4. The van der Waals surface area contributed by atoms with Crippen molar-refractivity contribution >= 4 is 11.9 Å². The molecule has 1 N–H and O–H groups in total. The molecule has 1 amide bonds. The third-order valence-electron chi connectivity index (χ3n) is 4.45. The summed E-state index contributed by atoms with van der Waals surface area (Å²) < 4.78 is 5.50. The minimum absolute atomic E-state index is 0.0264. The molecule has 1 unspecified atom stereocenters. The van der Waals surface area contributed by atoms with Crippen LogP contribution in [0, 0.1) is 0 Å². The van der Waals surface area contributed by atoms with Crippen LogP contribution >= 0.6 is 0 Å². The topological polar surface area (TPSA) is 66.8 Å². The zero-order valence-corrected chi connectivity index (χ0v) is 13.9. The molecule has 5 nitrogen and oxygen atoms in total. The van der Waals surface area contributed by atoms with E-state index in [9.17, 15) is 14.7 Å². The van der Waals surface area contributed by atoms with Gasteiger partial charge >= 0.3 is 5.97 Å². The number of carbonyl (C=O) groups is 2. The van der Waals surface area contributed by atoms with Crippen LogP contribution in [-0.4, -0.2) is 41.6 Å². The molecule has 0 saturated heterocycles. The first-order valence-electron chi connectivity index (χ1n) is 8.35. The van der Waals surface area contributed by atoms with Gasteiger partial charge in [-0.15, -0.1) is 0 Å². The molecule has 0 aromatic heterocycles. The normalized spacial score (nSPS) is 16.3. The molecule has 2 aromatic rings. The van der Waals surface area contributed by atoms with E-state index >= 15 is 0 Å². The van der Waals surface area contributed by atoms with Crippen LogP contribution in [0.15, 0.2) is 54.6 Å². The molecule has 0 fully saturated rings. The lowest BCUT2D eigenvalue weighted by Crippen LogP contribution is -2.42. The molecule has 1 heterocycles. The van der Waals surface area contributed by atoms with Gasteiger partial charge < -0.3 is 14.7 Å². The third kappa shape index (κ3) is 4.25. The van der Waals surface area contributed by atoms with Crippen molar-refractivity contribution < 1.29 is 19.4 Å². The molecule has 1 atom stereocenters. The molecule has 2 aromatic carbocycles. The number of carboxylic acids is 1. The summed E-state index contributed by atoms with van der Waals surface area (Å²) in [4.78, 5) is 25.5. The average molecular weight is 339 g/mol. The molecule has 0 aliphatic carbocycles. The predicted octanol–water partition coefficient (Wildman–Crippen LogP) is 2.46. The Labute approximate surface area is 146 Å². The molecule has 1 aliphatic rings. The van der Waals surface area contributed by atoms with Crippen LogP contribution in [0.1, 0.15) is 22.6 Å². The summed E-state index contributed by atoms with van der Waals surface area (Å²) in [5.41, 5.74) is 2.84. The fourth-order valence-corrected chi connectivity index (χ4v) is 3.09. The molecule has 1 aliphatic heterocycles. The summed E-state index contributed by atoms with van der Waals surface area (Å²) >= 11 is 0. The Morgan fingerprint density at radius 2 is 1.80 bits per heavy atom. The Kier molecular flexibility index (Phi) is 5.46. The highest BCUT2D eigenvalue weighted by Crippen LogP contribution is 2.28. The highest BCUT2D eigenvalue weighted by molar-refractivity contribution is 5.82. The molecule has 0 spiro atoms. The van der Waals surface area contributed by atoms with Crippen molar-refractivity contribution in [2.45, 2.75) is 18.9 Å². The molecule has 130 valence electrons. The van der Waals surface area contributed by atoms with Crippen molar-refractivity contribution in [1.29, 1.82) is 0 Å². The van der Waals surface area contributed by atoms with Crippen LogP contribution in [0.4, 0.5) is 0 Å². The summed E-state index contributed by atoms with van der Waals surface area (Å²) in [5, 5.41) is 9.46. The first-order chi connectivity index (χ1) is 12.1. The van der Waals surface area contributed by atoms with Crippen LogP contribution < -0.4 is 0 Å². The lowest BCUT2D eigenvalue weighted by molar-refractivity contribution is -0.143. The highest BCUT2D eigenvalue weighted by atomic mass is 16.5. The van der Waals surface area contributed by atoms with E-state index in [2.05, 4.69) is 0 Å². The van der Waals surface area contributed by atoms with Gasteiger partial charge in [0.05, 0.1) is 12.5 Å². The summed E-state index contributed by atoms with van der Waals surface area (Å²) in [6.07, 6.45) is 0.745. The minimum atomic E-state index is -0.907. The van der Waals surface area contributed by atoms with Crippen molar-refractivity contribution in [1.82, 2.24) is 4.90 Å². The maximum absolute atomic E-state index is 12.4. The van der Waals surface area contributed by atoms with E-state index in [0.717, 1.165) is 23.1 Å². The van der Waals surface area contributed by atoms with Crippen LogP contribution in [0.25, 0.3) is 0 Å². The molecular formula is C20H21NO4. The molecule has 3 rings (SSSR count). The van der Waals surface area contributed by atoms with E-state index in [0.29, 0.717) is 13.2 Å². The Hall–Kier alpha value is -2.66. The fraction of sp³-hybridized carbons (Fsp3) is 0.300. The lowest BCUT2D eigenvalue weighted by Gasteiger charge is -2.32. The molecular weight excluding hydrogens is 318 g/mol. The number of carbonyl (C=O) groups excluding carboxylic acids is 1. The van der Waals surface area contributed by atoms with E-state index in [1.807, 2.05) is 54.6 Å².